The fourth-order valence-electron chi connectivity index (χ4n) is 4.05. The van der Waals surface area contributed by atoms with Gasteiger partial charge in [-0.3, -0.25) is 14.8 Å². The number of carbonyl (C=O) groups is 1. The first-order chi connectivity index (χ1) is 15.1. The van der Waals surface area contributed by atoms with Crippen molar-refractivity contribution in [1.82, 2.24) is 10.2 Å². The van der Waals surface area contributed by atoms with Crippen molar-refractivity contribution in [1.29, 1.82) is 0 Å². The quantitative estimate of drug-likeness (QED) is 0.400. The number of hydrogen-bond donors (Lipinski definition) is 1. The number of amides is 1. The number of fused-ring (bicyclic) bond motifs is 1. The smallest absolute Gasteiger partial charge is 0.277 e. The highest BCUT2D eigenvalue weighted by atomic mass is 79.9. The van der Waals surface area contributed by atoms with E-state index in [0.29, 0.717) is 5.69 Å². The number of anilines is 1. The van der Waals surface area contributed by atoms with E-state index in [9.17, 15) is 4.79 Å². The summed E-state index contributed by atoms with van der Waals surface area (Å²) in [6.45, 7) is 2.06. The molecule has 6 heteroatoms. The van der Waals surface area contributed by atoms with Gasteiger partial charge in [0.25, 0.3) is 5.91 Å². The molecule has 1 aliphatic rings. The van der Waals surface area contributed by atoms with Gasteiger partial charge in [0, 0.05) is 21.3 Å². The van der Waals surface area contributed by atoms with Crippen LogP contribution in [0.15, 0.2) is 77.3 Å². The first kappa shape index (κ1) is 19.6. The molecule has 31 heavy (non-hydrogen) atoms. The van der Waals surface area contributed by atoms with Gasteiger partial charge >= 0.3 is 0 Å². The second-order valence-corrected chi connectivity index (χ2v) is 8.47. The van der Waals surface area contributed by atoms with Crippen LogP contribution in [-0.4, -0.2) is 23.2 Å². The molecule has 2 heterocycles. The predicted molar refractivity (Wildman–Crippen MR) is 125 cm³/mol. The molecule has 5 rings (SSSR count). The number of nitrogens with zero attached hydrogens (tertiary/aromatic N) is 2. The summed E-state index contributed by atoms with van der Waals surface area (Å²) in [5.74, 6) is 0.689. The minimum Gasteiger partial charge on any atom is -0.497 e. The van der Waals surface area contributed by atoms with Gasteiger partial charge in [0.05, 0.1) is 18.8 Å². The largest absolute Gasteiger partial charge is 0.497 e. The Labute approximate surface area is 188 Å². The van der Waals surface area contributed by atoms with Crippen LogP contribution in [0.3, 0.4) is 0 Å². The molecule has 1 aromatic heterocycles. The molecule has 0 radical (unpaired) electrons. The lowest BCUT2D eigenvalue weighted by Gasteiger charge is -2.26. The number of methoxy groups -OCH3 is 1. The summed E-state index contributed by atoms with van der Waals surface area (Å²) >= 11 is 3.48. The Hall–Kier alpha value is -3.38. The van der Waals surface area contributed by atoms with Crippen molar-refractivity contribution < 1.29 is 9.53 Å². The van der Waals surface area contributed by atoms with Gasteiger partial charge < -0.3 is 4.74 Å². The zero-order chi connectivity index (χ0) is 21.5. The SMILES string of the molecule is COc1ccc(-c2n[nH]c3c2C(c2ccc(C)cc2)N(c2ccc(Br)cc2)C3=O)cc1. The summed E-state index contributed by atoms with van der Waals surface area (Å²) in [4.78, 5) is 15.3. The topological polar surface area (TPSA) is 58.2 Å². The minimum absolute atomic E-state index is 0.0878. The molecule has 0 fully saturated rings. The van der Waals surface area contributed by atoms with Crippen molar-refractivity contribution in [2.75, 3.05) is 12.0 Å². The number of aryl methyl sites for hydroxylation is 1. The van der Waals surface area contributed by atoms with Crippen molar-refractivity contribution in [2.45, 2.75) is 13.0 Å². The summed E-state index contributed by atoms with van der Waals surface area (Å²) in [7, 11) is 1.64. The summed E-state index contributed by atoms with van der Waals surface area (Å²) in [6, 6.07) is 23.6. The molecule has 0 spiro atoms. The van der Waals surface area contributed by atoms with Crippen molar-refractivity contribution >= 4 is 27.5 Å². The Kier molecular flexibility index (Phi) is 4.87. The van der Waals surface area contributed by atoms with Crippen molar-refractivity contribution in [3.05, 3.63) is 99.7 Å². The van der Waals surface area contributed by atoms with E-state index in [1.54, 1.807) is 7.11 Å². The average Bonchev–Trinajstić information content (AvgIpc) is 3.34. The fourth-order valence-corrected chi connectivity index (χ4v) is 4.31. The first-order valence-electron chi connectivity index (χ1n) is 9.95. The van der Waals surface area contributed by atoms with E-state index in [1.165, 1.54) is 5.56 Å². The number of aromatic amines is 1. The van der Waals surface area contributed by atoms with Gasteiger partial charge in [-0.1, -0.05) is 45.8 Å². The fraction of sp³-hybridized carbons (Fsp3) is 0.120. The van der Waals surface area contributed by atoms with Crippen LogP contribution >= 0.6 is 15.9 Å². The highest BCUT2D eigenvalue weighted by Gasteiger charge is 2.43. The number of aromatic nitrogens is 2. The number of halogens is 1. The Morgan fingerprint density at radius 2 is 1.65 bits per heavy atom. The highest BCUT2D eigenvalue weighted by molar-refractivity contribution is 9.10. The molecule has 0 saturated carbocycles. The number of hydrogen-bond acceptors (Lipinski definition) is 3. The molecule has 0 saturated heterocycles. The molecule has 3 aromatic carbocycles. The van der Waals surface area contributed by atoms with E-state index in [4.69, 9.17) is 4.74 Å². The molecule has 5 nitrogen and oxygen atoms in total. The predicted octanol–water partition coefficient (Wildman–Crippen LogP) is 5.91. The monoisotopic (exact) mass is 473 g/mol. The van der Waals surface area contributed by atoms with E-state index in [1.807, 2.05) is 53.4 Å². The maximum Gasteiger partial charge on any atom is 0.277 e. The van der Waals surface area contributed by atoms with Crippen LogP contribution in [0, 0.1) is 6.92 Å². The molecule has 1 atom stereocenters. The van der Waals surface area contributed by atoms with Gasteiger partial charge in [0.1, 0.15) is 11.4 Å². The number of ether oxygens (including phenoxy) is 1. The third-order valence-corrected chi connectivity index (χ3v) is 6.16. The number of benzene rings is 3. The second-order valence-electron chi connectivity index (χ2n) is 7.55. The Balaban J connectivity index is 1.69. The Morgan fingerprint density at radius 1 is 0.968 bits per heavy atom. The normalized spacial score (nSPS) is 15.3. The Morgan fingerprint density at radius 3 is 2.29 bits per heavy atom. The molecule has 1 unspecified atom stereocenters. The van der Waals surface area contributed by atoms with Crippen LogP contribution in [-0.2, 0) is 0 Å². The van der Waals surface area contributed by atoms with Crippen molar-refractivity contribution in [3.63, 3.8) is 0 Å². The van der Waals surface area contributed by atoms with Gasteiger partial charge in [0.2, 0.25) is 0 Å². The van der Waals surface area contributed by atoms with E-state index in [2.05, 4.69) is 57.3 Å². The number of rotatable bonds is 4. The standard InChI is InChI=1S/C25H20BrN3O2/c1-15-3-5-17(6-4-15)24-21-22(16-7-13-20(31-2)14-8-16)27-28-23(21)25(30)29(24)19-11-9-18(26)10-12-19/h3-14,24H,1-2H3,(H,27,28). The third-order valence-electron chi connectivity index (χ3n) is 5.63. The molecule has 1 aliphatic heterocycles. The zero-order valence-corrected chi connectivity index (χ0v) is 18.7. The van der Waals surface area contributed by atoms with Crippen LogP contribution in [0.5, 0.6) is 5.75 Å². The maximum absolute atomic E-state index is 13.5. The van der Waals surface area contributed by atoms with Crippen LogP contribution < -0.4 is 9.64 Å². The average molecular weight is 474 g/mol. The third kappa shape index (κ3) is 3.33. The lowest BCUT2D eigenvalue weighted by atomic mass is 9.95. The number of H-pyrrole nitrogens is 1. The summed E-state index contributed by atoms with van der Waals surface area (Å²) < 4.78 is 6.25. The summed E-state index contributed by atoms with van der Waals surface area (Å²) in [5.41, 5.74) is 6.17. The van der Waals surface area contributed by atoms with E-state index in [0.717, 1.165) is 38.3 Å². The summed E-state index contributed by atoms with van der Waals surface area (Å²) in [6.07, 6.45) is 0. The lowest BCUT2D eigenvalue weighted by molar-refractivity contribution is 0.0989. The van der Waals surface area contributed by atoms with Crippen LogP contribution in [0.4, 0.5) is 5.69 Å². The zero-order valence-electron chi connectivity index (χ0n) is 17.1. The molecule has 0 bridgehead atoms. The summed E-state index contributed by atoms with van der Waals surface area (Å²) in [5, 5.41) is 7.53. The molecule has 1 amide bonds. The first-order valence-corrected chi connectivity index (χ1v) is 10.7. The van der Waals surface area contributed by atoms with E-state index < -0.39 is 0 Å². The van der Waals surface area contributed by atoms with E-state index >= 15 is 0 Å². The molecular formula is C25H20BrN3O2. The van der Waals surface area contributed by atoms with Gasteiger partial charge in [-0.05, 0) is 61.0 Å². The molecule has 1 N–H and O–H groups in total. The Bertz CT molecular complexity index is 1250. The van der Waals surface area contributed by atoms with Gasteiger partial charge in [-0.2, -0.15) is 5.10 Å². The van der Waals surface area contributed by atoms with Crippen molar-refractivity contribution in [3.8, 4) is 17.0 Å². The molecule has 154 valence electrons. The van der Waals surface area contributed by atoms with Crippen LogP contribution in [0.2, 0.25) is 0 Å². The van der Waals surface area contributed by atoms with Gasteiger partial charge in [-0.15, -0.1) is 0 Å². The number of carbonyl (C=O) groups excluding carboxylic acids is 1. The van der Waals surface area contributed by atoms with Crippen LogP contribution in [0.25, 0.3) is 11.3 Å². The highest BCUT2D eigenvalue weighted by Crippen LogP contribution is 2.45. The second kappa shape index (κ2) is 7.71. The molecular weight excluding hydrogens is 454 g/mol. The van der Waals surface area contributed by atoms with Crippen LogP contribution in [0.1, 0.15) is 33.2 Å². The lowest BCUT2D eigenvalue weighted by Crippen LogP contribution is -2.29. The molecule has 0 aliphatic carbocycles. The van der Waals surface area contributed by atoms with Gasteiger partial charge in [0.15, 0.2) is 0 Å². The van der Waals surface area contributed by atoms with Gasteiger partial charge in [-0.25, -0.2) is 0 Å². The minimum atomic E-state index is -0.278. The van der Waals surface area contributed by atoms with E-state index in [-0.39, 0.29) is 11.9 Å². The number of nitrogens with one attached hydrogen (secondary N) is 1. The maximum atomic E-state index is 13.5. The van der Waals surface area contributed by atoms with Crippen molar-refractivity contribution in [2.24, 2.45) is 0 Å². The molecule has 4 aromatic rings.